The van der Waals surface area contributed by atoms with E-state index in [0.29, 0.717) is 0 Å². The molecule has 1 amide bonds. The number of carbonyl (C=O) groups is 1. The van der Waals surface area contributed by atoms with E-state index in [-0.39, 0.29) is 11.4 Å². The second kappa shape index (κ2) is 2.95. The minimum Gasteiger partial charge on any atom is -0.327 e. The molecule has 0 N–H and O–H groups in total. The van der Waals surface area contributed by atoms with Gasteiger partial charge in [-0.2, -0.15) is 0 Å². The summed E-state index contributed by atoms with van der Waals surface area (Å²) in [6.07, 6.45) is 2.31. The van der Waals surface area contributed by atoms with Crippen molar-refractivity contribution in [1.82, 2.24) is 4.90 Å². The summed E-state index contributed by atoms with van der Waals surface area (Å²) >= 11 is 4.16. The Bertz CT molecular complexity index is 403. The summed E-state index contributed by atoms with van der Waals surface area (Å²) in [6.45, 7) is 0.948. The number of rotatable bonds is 1. The molecule has 1 unspecified atom stereocenters. The van der Waals surface area contributed by atoms with Crippen molar-refractivity contribution in [2.24, 2.45) is 0 Å². The summed E-state index contributed by atoms with van der Waals surface area (Å²) in [4.78, 5) is 15.4. The molecule has 1 saturated heterocycles. The van der Waals surface area contributed by atoms with Crippen LogP contribution in [0.2, 0.25) is 0 Å². The van der Waals surface area contributed by atoms with Gasteiger partial charge in [0.25, 0.3) is 5.91 Å². The molecule has 0 radical (unpaired) electrons. The molecule has 0 aliphatic carbocycles. The van der Waals surface area contributed by atoms with Crippen LogP contribution in [0.5, 0.6) is 0 Å². The SMILES string of the molecule is O=C1c2ccsc2C2(CI)CCCN12. The minimum atomic E-state index is 0.0706. The molecule has 1 aromatic heterocycles. The molecule has 0 aromatic carbocycles. The van der Waals surface area contributed by atoms with Crippen LogP contribution in [0, 0.1) is 0 Å². The van der Waals surface area contributed by atoms with Crippen molar-refractivity contribution < 1.29 is 4.79 Å². The molecular weight excluding hydrogens is 309 g/mol. The van der Waals surface area contributed by atoms with Crippen molar-refractivity contribution in [1.29, 1.82) is 0 Å². The van der Waals surface area contributed by atoms with Gasteiger partial charge in [0.15, 0.2) is 0 Å². The number of amides is 1. The minimum absolute atomic E-state index is 0.0706. The van der Waals surface area contributed by atoms with Gasteiger partial charge in [-0.3, -0.25) is 4.79 Å². The van der Waals surface area contributed by atoms with Crippen LogP contribution in [0.4, 0.5) is 0 Å². The molecule has 0 spiro atoms. The second-order valence-electron chi connectivity index (χ2n) is 3.89. The lowest BCUT2D eigenvalue weighted by atomic mass is 9.98. The summed E-state index contributed by atoms with van der Waals surface area (Å²) in [6, 6.07) is 1.98. The third-order valence-corrected chi connectivity index (χ3v) is 5.64. The lowest BCUT2D eigenvalue weighted by Crippen LogP contribution is -2.39. The maximum absolute atomic E-state index is 12.0. The molecule has 74 valence electrons. The lowest BCUT2D eigenvalue weighted by molar-refractivity contribution is 0.0698. The standard InChI is InChI=1S/C10H10INOS/c11-6-10-3-1-4-12(10)9(13)7-2-5-14-8(7)10/h2,5H,1,3-4,6H2. The number of halogens is 1. The van der Waals surface area contributed by atoms with Gasteiger partial charge in [-0.05, 0) is 24.3 Å². The topological polar surface area (TPSA) is 20.3 Å². The van der Waals surface area contributed by atoms with Crippen LogP contribution in [0.1, 0.15) is 28.1 Å². The van der Waals surface area contributed by atoms with E-state index in [9.17, 15) is 4.79 Å². The van der Waals surface area contributed by atoms with Gasteiger partial charge >= 0.3 is 0 Å². The Morgan fingerprint density at radius 2 is 2.50 bits per heavy atom. The number of carbonyl (C=O) groups excluding carboxylic acids is 1. The van der Waals surface area contributed by atoms with Crippen LogP contribution in [-0.4, -0.2) is 21.8 Å². The molecule has 2 aliphatic heterocycles. The maximum Gasteiger partial charge on any atom is 0.255 e. The molecular formula is C10H10INOS. The summed E-state index contributed by atoms with van der Waals surface area (Å²) in [5, 5.41) is 2.05. The monoisotopic (exact) mass is 319 g/mol. The highest BCUT2D eigenvalue weighted by molar-refractivity contribution is 14.1. The van der Waals surface area contributed by atoms with Crippen molar-refractivity contribution in [3.05, 3.63) is 21.9 Å². The normalized spacial score (nSPS) is 29.5. The predicted octanol–water partition coefficient (Wildman–Crippen LogP) is 2.63. The molecule has 1 atom stereocenters. The molecule has 0 saturated carbocycles. The highest BCUT2D eigenvalue weighted by atomic mass is 127. The summed E-state index contributed by atoms with van der Waals surface area (Å²) < 4.78 is 1.03. The first-order chi connectivity index (χ1) is 6.79. The van der Waals surface area contributed by atoms with Crippen LogP contribution < -0.4 is 0 Å². The molecule has 14 heavy (non-hydrogen) atoms. The van der Waals surface area contributed by atoms with E-state index in [1.54, 1.807) is 11.3 Å². The number of fused-ring (bicyclic) bond motifs is 3. The summed E-state index contributed by atoms with van der Waals surface area (Å²) in [5.74, 6) is 0.260. The van der Waals surface area contributed by atoms with E-state index in [1.807, 2.05) is 11.4 Å². The van der Waals surface area contributed by atoms with Crippen molar-refractivity contribution >= 4 is 39.8 Å². The fraction of sp³-hybridized carbons (Fsp3) is 0.500. The molecule has 1 fully saturated rings. The van der Waals surface area contributed by atoms with E-state index in [0.717, 1.165) is 29.4 Å². The van der Waals surface area contributed by atoms with Crippen molar-refractivity contribution in [3.63, 3.8) is 0 Å². The maximum atomic E-state index is 12.0. The van der Waals surface area contributed by atoms with Gasteiger partial charge in [0.1, 0.15) is 0 Å². The van der Waals surface area contributed by atoms with E-state index in [2.05, 4.69) is 27.5 Å². The zero-order valence-electron chi connectivity index (χ0n) is 7.62. The Labute approximate surface area is 100 Å². The van der Waals surface area contributed by atoms with Crippen LogP contribution in [-0.2, 0) is 5.54 Å². The third-order valence-electron chi connectivity index (χ3n) is 3.27. The van der Waals surface area contributed by atoms with Crippen molar-refractivity contribution in [2.45, 2.75) is 18.4 Å². The zero-order valence-corrected chi connectivity index (χ0v) is 10.6. The Morgan fingerprint density at radius 3 is 3.29 bits per heavy atom. The second-order valence-corrected chi connectivity index (χ2v) is 5.57. The number of alkyl halides is 1. The van der Waals surface area contributed by atoms with E-state index >= 15 is 0 Å². The highest BCUT2D eigenvalue weighted by Crippen LogP contribution is 2.49. The number of thiophene rings is 1. The predicted molar refractivity (Wildman–Crippen MR) is 65.2 cm³/mol. The average Bonchev–Trinajstić information content (AvgIpc) is 2.85. The Morgan fingerprint density at radius 1 is 1.64 bits per heavy atom. The van der Waals surface area contributed by atoms with Crippen LogP contribution in [0.25, 0.3) is 0 Å². The molecule has 1 aromatic rings. The van der Waals surface area contributed by atoms with Gasteiger partial charge in [0.2, 0.25) is 0 Å². The molecule has 2 nitrogen and oxygen atoms in total. The van der Waals surface area contributed by atoms with E-state index < -0.39 is 0 Å². The number of hydrogen-bond donors (Lipinski definition) is 0. The van der Waals surface area contributed by atoms with Gasteiger partial charge in [-0.25, -0.2) is 0 Å². The first kappa shape index (κ1) is 9.15. The smallest absolute Gasteiger partial charge is 0.255 e. The Kier molecular flexibility index (Phi) is 1.93. The fourth-order valence-electron chi connectivity index (χ4n) is 2.59. The van der Waals surface area contributed by atoms with Gasteiger partial charge in [-0.1, -0.05) is 22.6 Å². The molecule has 2 aliphatic rings. The van der Waals surface area contributed by atoms with Crippen LogP contribution >= 0.6 is 33.9 Å². The highest BCUT2D eigenvalue weighted by Gasteiger charge is 2.52. The van der Waals surface area contributed by atoms with E-state index in [1.165, 1.54) is 4.88 Å². The fourth-order valence-corrected chi connectivity index (χ4v) is 5.15. The van der Waals surface area contributed by atoms with E-state index in [4.69, 9.17) is 0 Å². The zero-order chi connectivity index (χ0) is 9.76. The molecule has 3 rings (SSSR count). The Balaban J connectivity index is 2.22. The first-order valence-electron chi connectivity index (χ1n) is 4.75. The average molecular weight is 319 g/mol. The number of nitrogens with zero attached hydrogens (tertiary/aromatic N) is 1. The van der Waals surface area contributed by atoms with Gasteiger partial charge in [0.05, 0.1) is 11.1 Å². The first-order valence-corrected chi connectivity index (χ1v) is 7.16. The third kappa shape index (κ3) is 0.888. The molecule has 3 heterocycles. The van der Waals surface area contributed by atoms with Crippen LogP contribution in [0.15, 0.2) is 11.4 Å². The van der Waals surface area contributed by atoms with Gasteiger partial charge < -0.3 is 4.90 Å². The largest absolute Gasteiger partial charge is 0.327 e. The quantitative estimate of drug-likeness (QED) is 0.576. The Hall–Kier alpha value is -0.100. The lowest BCUT2D eigenvalue weighted by Gasteiger charge is -2.30. The van der Waals surface area contributed by atoms with Crippen molar-refractivity contribution in [3.8, 4) is 0 Å². The van der Waals surface area contributed by atoms with Crippen molar-refractivity contribution in [2.75, 3.05) is 11.0 Å². The summed E-state index contributed by atoms with van der Waals surface area (Å²) in [7, 11) is 0. The molecule has 4 heteroatoms. The number of hydrogen-bond acceptors (Lipinski definition) is 2. The van der Waals surface area contributed by atoms with Crippen LogP contribution in [0.3, 0.4) is 0 Å². The van der Waals surface area contributed by atoms with Gasteiger partial charge in [-0.15, -0.1) is 11.3 Å². The summed E-state index contributed by atoms with van der Waals surface area (Å²) in [5.41, 5.74) is 1.03. The van der Waals surface area contributed by atoms with Gasteiger partial charge in [0, 0.05) is 15.8 Å². The molecule has 0 bridgehead atoms.